The lowest BCUT2D eigenvalue weighted by Crippen LogP contribution is -2.02. The number of benzene rings is 1. The predicted octanol–water partition coefficient (Wildman–Crippen LogP) is 3.09. The van der Waals surface area contributed by atoms with Gasteiger partial charge in [-0.1, -0.05) is 13.0 Å². The Morgan fingerprint density at radius 1 is 1.38 bits per heavy atom. The van der Waals surface area contributed by atoms with Crippen LogP contribution in [0.15, 0.2) is 28.7 Å². The third kappa shape index (κ3) is 1.97. The molecule has 0 saturated carbocycles. The van der Waals surface area contributed by atoms with E-state index in [1.165, 1.54) is 5.56 Å². The number of anilines is 1. The molecule has 0 aliphatic rings. The summed E-state index contributed by atoms with van der Waals surface area (Å²) in [7, 11) is 0. The van der Waals surface area contributed by atoms with Crippen LogP contribution in [0.5, 0.6) is 0 Å². The van der Waals surface area contributed by atoms with E-state index in [1.54, 1.807) is 4.68 Å². The molecule has 0 spiro atoms. The maximum atomic E-state index is 5.94. The van der Waals surface area contributed by atoms with E-state index in [0.717, 1.165) is 22.3 Å². The average Bonchev–Trinajstić information content (AvgIpc) is 2.60. The highest BCUT2D eigenvalue weighted by Crippen LogP contribution is 2.24. The molecule has 2 N–H and O–H groups in total. The first-order valence-corrected chi connectivity index (χ1v) is 6.02. The lowest BCUT2D eigenvalue weighted by molar-refractivity contribution is 0.845. The van der Waals surface area contributed by atoms with E-state index in [1.807, 2.05) is 18.2 Å². The standard InChI is InChI=1S/C12H14BrN3/c1-3-9-7-12(14)16(15-9)11-5-4-8(2)6-10(11)13/h4-7H,3,14H2,1-2H3. The smallest absolute Gasteiger partial charge is 0.127 e. The van der Waals surface area contributed by atoms with Crippen molar-refractivity contribution in [1.29, 1.82) is 0 Å². The molecular formula is C12H14BrN3. The fourth-order valence-corrected chi connectivity index (χ4v) is 2.26. The van der Waals surface area contributed by atoms with Gasteiger partial charge in [0.25, 0.3) is 0 Å². The molecule has 0 fully saturated rings. The zero-order valence-electron chi connectivity index (χ0n) is 9.37. The Morgan fingerprint density at radius 2 is 2.12 bits per heavy atom. The molecule has 1 aromatic heterocycles. The molecule has 16 heavy (non-hydrogen) atoms. The lowest BCUT2D eigenvalue weighted by Gasteiger charge is -2.07. The summed E-state index contributed by atoms with van der Waals surface area (Å²) in [6.07, 6.45) is 0.890. The maximum absolute atomic E-state index is 5.94. The molecule has 0 amide bonds. The maximum Gasteiger partial charge on any atom is 0.127 e. The highest BCUT2D eigenvalue weighted by Gasteiger charge is 2.08. The zero-order chi connectivity index (χ0) is 11.7. The Kier molecular flexibility index (Phi) is 3.01. The van der Waals surface area contributed by atoms with Crippen LogP contribution in [0.25, 0.3) is 5.69 Å². The molecule has 0 radical (unpaired) electrons. The van der Waals surface area contributed by atoms with E-state index in [0.29, 0.717) is 5.82 Å². The molecule has 84 valence electrons. The first-order valence-electron chi connectivity index (χ1n) is 5.22. The van der Waals surface area contributed by atoms with Crippen LogP contribution in [-0.2, 0) is 6.42 Å². The second-order valence-corrected chi connectivity index (χ2v) is 4.64. The zero-order valence-corrected chi connectivity index (χ0v) is 11.0. The molecule has 1 heterocycles. The van der Waals surface area contributed by atoms with Crippen LogP contribution in [0.2, 0.25) is 0 Å². The summed E-state index contributed by atoms with van der Waals surface area (Å²) >= 11 is 3.53. The molecular weight excluding hydrogens is 266 g/mol. The molecule has 0 aliphatic carbocycles. The van der Waals surface area contributed by atoms with Crippen LogP contribution in [0.1, 0.15) is 18.2 Å². The summed E-state index contributed by atoms with van der Waals surface area (Å²) in [5.74, 6) is 0.668. The molecule has 0 unspecified atom stereocenters. The predicted molar refractivity (Wildman–Crippen MR) is 69.8 cm³/mol. The Labute approximate surface area is 103 Å². The van der Waals surface area contributed by atoms with E-state index in [9.17, 15) is 0 Å². The SMILES string of the molecule is CCc1cc(N)n(-c2ccc(C)cc2Br)n1. The van der Waals surface area contributed by atoms with Gasteiger partial charge in [-0.25, -0.2) is 4.68 Å². The summed E-state index contributed by atoms with van der Waals surface area (Å²) in [5, 5.41) is 4.45. The van der Waals surface area contributed by atoms with Gasteiger partial charge in [-0.05, 0) is 47.0 Å². The number of nitrogen functional groups attached to an aromatic ring is 1. The molecule has 1 aromatic carbocycles. The molecule has 4 heteroatoms. The van der Waals surface area contributed by atoms with Gasteiger partial charge >= 0.3 is 0 Å². The Balaban J connectivity index is 2.53. The number of hydrogen-bond acceptors (Lipinski definition) is 2. The second-order valence-electron chi connectivity index (χ2n) is 3.78. The fourth-order valence-electron chi connectivity index (χ4n) is 1.60. The van der Waals surface area contributed by atoms with Gasteiger partial charge in [-0.3, -0.25) is 0 Å². The van der Waals surface area contributed by atoms with Crippen LogP contribution in [0.3, 0.4) is 0 Å². The Bertz CT molecular complexity index is 517. The molecule has 0 bridgehead atoms. The number of aromatic nitrogens is 2. The number of aryl methyl sites for hydroxylation is 2. The van der Waals surface area contributed by atoms with Crippen molar-refractivity contribution in [3.05, 3.63) is 40.0 Å². The van der Waals surface area contributed by atoms with Gasteiger partial charge in [-0.2, -0.15) is 5.10 Å². The van der Waals surface area contributed by atoms with Crippen molar-refractivity contribution >= 4 is 21.7 Å². The topological polar surface area (TPSA) is 43.8 Å². The summed E-state index contributed by atoms with van der Waals surface area (Å²) in [6.45, 7) is 4.12. The van der Waals surface area contributed by atoms with Crippen molar-refractivity contribution in [3.63, 3.8) is 0 Å². The van der Waals surface area contributed by atoms with Crippen molar-refractivity contribution in [3.8, 4) is 5.69 Å². The van der Waals surface area contributed by atoms with Gasteiger partial charge < -0.3 is 5.73 Å². The first kappa shape index (κ1) is 11.2. The largest absolute Gasteiger partial charge is 0.384 e. The van der Waals surface area contributed by atoms with Gasteiger partial charge in [-0.15, -0.1) is 0 Å². The minimum Gasteiger partial charge on any atom is -0.384 e. The average molecular weight is 280 g/mol. The summed E-state index contributed by atoms with van der Waals surface area (Å²) < 4.78 is 2.77. The summed E-state index contributed by atoms with van der Waals surface area (Å²) in [4.78, 5) is 0. The fraction of sp³-hybridized carbons (Fsp3) is 0.250. The normalized spacial score (nSPS) is 10.7. The number of rotatable bonds is 2. The quantitative estimate of drug-likeness (QED) is 0.918. The third-order valence-corrected chi connectivity index (χ3v) is 3.12. The molecule has 3 nitrogen and oxygen atoms in total. The Morgan fingerprint density at radius 3 is 2.69 bits per heavy atom. The van der Waals surface area contributed by atoms with Crippen molar-refractivity contribution in [2.24, 2.45) is 0 Å². The molecule has 2 rings (SSSR count). The Hall–Kier alpha value is -1.29. The van der Waals surface area contributed by atoms with Crippen LogP contribution in [-0.4, -0.2) is 9.78 Å². The van der Waals surface area contributed by atoms with E-state index < -0.39 is 0 Å². The van der Waals surface area contributed by atoms with Crippen molar-refractivity contribution < 1.29 is 0 Å². The number of nitrogens with zero attached hydrogens (tertiary/aromatic N) is 2. The van der Waals surface area contributed by atoms with Crippen LogP contribution in [0.4, 0.5) is 5.82 Å². The highest BCUT2D eigenvalue weighted by molar-refractivity contribution is 9.10. The minimum atomic E-state index is 0.668. The first-order chi connectivity index (χ1) is 7.61. The van der Waals surface area contributed by atoms with Gasteiger partial charge in [0.15, 0.2) is 0 Å². The molecule has 0 atom stereocenters. The van der Waals surface area contributed by atoms with Gasteiger partial charge in [0.2, 0.25) is 0 Å². The number of nitrogens with two attached hydrogens (primary N) is 1. The second kappa shape index (κ2) is 4.29. The van der Waals surface area contributed by atoms with Gasteiger partial charge in [0.1, 0.15) is 5.82 Å². The third-order valence-electron chi connectivity index (χ3n) is 2.48. The number of hydrogen-bond donors (Lipinski definition) is 1. The van der Waals surface area contributed by atoms with Crippen molar-refractivity contribution in [1.82, 2.24) is 9.78 Å². The van der Waals surface area contributed by atoms with E-state index >= 15 is 0 Å². The highest BCUT2D eigenvalue weighted by atomic mass is 79.9. The lowest BCUT2D eigenvalue weighted by atomic mass is 10.2. The molecule has 2 aromatic rings. The van der Waals surface area contributed by atoms with Gasteiger partial charge in [0, 0.05) is 10.5 Å². The van der Waals surface area contributed by atoms with E-state index in [-0.39, 0.29) is 0 Å². The summed E-state index contributed by atoms with van der Waals surface area (Å²) in [6, 6.07) is 8.03. The van der Waals surface area contributed by atoms with Crippen molar-refractivity contribution in [2.45, 2.75) is 20.3 Å². The van der Waals surface area contributed by atoms with E-state index in [2.05, 4.69) is 40.9 Å². The van der Waals surface area contributed by atoms with Crippen LogP contribution < -0.4 is 5.73 Å². The van der Waals surface area contributed by atoms with Crippen LogP contribution in [0, 0.1) is 6.92 Å². The van der Waals surface area contributed by atoms with Crippen LogP contribution >= 0.6 is 15.9 Å². The summed E-state index contributed by atoms with van der Waals surface area (Å²) in [5.41, 5.74) is 9.12. The minimum absolute atomic E-state index is 0.668. The number of halogens is 1. The monoisotopic (exact) mass is 279 g/mol. The van der Waals surface area contributed by atoms with Gasteiger partial charge in [0.05, 0.1) is 11.4 Å². The van der Waals surface area contributed by atoms with E-state index in [4.69, 9.17) is 5.73 Å². The molecule has 0 aliphatic heterocycles. The van der Waals surface area contributed by atoms with Crippen molar-refractivity contribution in [2.75, 3.05) is 5.73 Å². The molecule has 0 saturated heterocycles.